The molecular weight excluding hydrogens is 494 g/mol. The van der Waals surface area contributed by atoms with Crippen molar-refractivity contribution < 1.29 is 14.3 Å². The van der Waals surface area contributed by atoms with Gasteiger partial charge in [-0.15, -0.1) is 0 Å². The lowest BCUT2D eigenvalue weighted by atomic mass is 9.85. The lowest BCUT2D eigenvalue weighted by Crippen LogP contribution is -2.51. The minimum atomic E-state index is -0.985. The maximum absolute atomic E-state index is 13.5. The van der Waals surface area contributed by atoms with Crippen LogP contribution in [0.4, 0.5) is 23.7 Å². The van der Waals surface area contributed by atoms with Crippen molar-refractivity contribution in [2.24, 2.45) is 5.41 Å². The number of hydrogen-bond donors (Lipinski definition) is 2. The quantitative estimate of drug-likeness (QED) is 0.441. The van der Waals surface area contributed by atoms with Crippen LogP contribution in [-0.4, -0.2) is 74.5 Å². The van der Waals surface area contributed by atoms with Crippen molar-refractivity contribution >= 4 is 41.0 Å². The molecule has 1 saturated carbocycles. The molecule has 0 unspecified atom stereocenters. The highest BCUT2D eigenvalue weighted by molar-refractivity contribution is 7.11. The van der Waals surface area contributed by atoms with Gasteiger partial charge in [0.05, 0.1) is 13.2 Å². The summed E-state index contributed by atoms with van der Waals surface area (Å²) in [6, 6.07) is 2.00. The molecule has 37 heavy (non-hydrogen) atoms. The topological polar surface area (TPSA) is 134 Å². The zero-order valence-corrected chi connectivity index (χ0v) is 22.0. The Morgan fingerprint density at radius 2 is 1.97 bits per heavy atom. The van der Waals surface area contributed by atoms with Gasteiger partial charge >= 0.3 is 5.97 Å². The van der Waals surface area contributed by atoms with Gasteiger partial charge < -0.3 is 24.6 Å². The first-order chi connectivity index (χ1) is 17.8. The number of thiazole rings is 1. The number of H-pyrrole nitrogens is 1. The Morgan fingerprint density at radius 3 is 2.70 bits per heavy atom. The van der Waals surface area contributed by atoms with Crippen molar-refractivity contribution in [2.75, 3.05) is 48.0 Å². The van der Waals surface area contributed by atoms with E-state index in [1.165, 1.54) is 24.2 Å². The largest absolute Gasteiger partial charge is 0.396 e. The average Bonchev–Trinajstić information content (AvgIpc) is 3.27. The summed E-state index contributed by atoms with van der Waals surface area (Å²) in [7, 11) is 0. The second-order valence-corrected chi connectivity index (χ2v) is 11.7. The maximum Gasteiger partial charge on any atom is 0.339 e. The molecule has 2 saturated heterocycles. The summed E-state index contributed by atoms with van der Waals surface area (Å²) >= 11 is 1.29. The first-order valence-corrected chi connectivity index (χ1v) is 13.5. The van der Waals surface area contributed by atoms with Gasteiger partial charge in [0.2, 0.25) is 17.8 Å². The fourth-order valence-electron chi connectivity index (χ4n) is 5.16. The predicted octanol–water partition coefficient (Wildman–Crippen LogP) is 3.11. The van der Waals surface area contributed by atoms with Crippen LogP contribution in [0.15, 0.2) is 17.6 Å². The molecule has 2 aliphatic heterocycles. The van der Waals surface area contributed by atoms with Gasteiger partial charge in [0.25, 0.3) is 5.19 Å². The van der Waals surface area contributed by atoms with E-state index in [1.807, 2.05) is 17.9 Å². The van der Waals surface area contributed by atoms with E-state index in [4.69, 9.17) is 24.4 Å². The van der Waals surface area contributed by atoms with Crippen LogP contribution in [0.3, 0.4) is 0 Å². The average molecular weight is 526 g/mol. The predicted molar refractivity (Wildman–Crippen MR) is 139 cm³/mol. The molecule has 3 aliphatic rings. The van der Waals surface area contributed by atoms with E-state index in [0.717, 1.165) is 5.69 Å². The van der Waals surface area contributed by atoms with Crippen LogP contribution in [0.5, 0.6) is 5.19 Å². The molecule has 0 amide bonds. The SMILES string of the molecule is CC1(C)CN(c2nc(Nc3cc(C4CC4)[nH]n3)nc(N3CCOCC3)n2)[C@](C)(C(=O)Oc2nccs2)C1. The lowest BCUT2D eigenvalue weighted by Gasteiger charge is -2.33. The van der Waals surface area contributed by atoms with E-state index in [2.05, 4.69) is 39.2 Å². The number of anilines is 4. The molecule has 0 radical (unpaired) electrons. The number of ether oxygens (including phenoxy) is 2. The maximum atomic E-state index is 13.5. The molecule has 0 bridgehead atoms. The van der Waals surface area contributed by atoms with Crippen LogP contribution in [0.2, 0.25) is 0 Å². The molecule has 3 aromatic heterocycles. The Kier molecular flexibility index (Phi) is 5.98. The van der Waals surface area contributed by atoms with Crippen LogP contribution >= 0.6 is 11.3 Å². The third kappa shape index (κ3) is 4.97. The molecule has 5 heterocycles. The Labute approximate surface area is 218 Å². The number of aromatic nitrogens is 6. The highest BCUT2D eigenvalue weighted by Gasteiger charge is 2.53. The summed E-state index contributed by atoms with van der Waals surface area (Å²) in [6.07, 6.45) is 4.56. The summed E-state index contributed by atoms with van der Waals surface area (Å²) < 4.78 is 11.2. The molecule has 0 spiro atoms. The second kappa shape index (κ2) is 9.21. The Balaban J connectivity index is 1.35. The summed E-state index contributed by atoms with van der Waals surface area (Å²) in [5.41, 5.74) is -0.0391. The molecule has 3 aromatic rings. The van der Waals surface area contributed by atoms with Gasteiger partial charge in [-0.1, -0.05) is 25.2 Å². The van der Waals surface area contributed by atoms with E-state index < -0.39 is 5.54 Å². The smallest absolute Gasteiger partial charge is 0.339 e. The summed E-state index contributed by atoms with van der Waals surface area (Å²) in [5, 5.41) is 12.9. The summed E-state index contributed by atoms with van der Waals surface area (Å²) in [5.74, 6) is 2.16. The lowest BCUT2D eigenvalue weighted by molar-refractivity contribution is -0.139. The third-order valence-electron chi connectivity index (χ3n) is 7.04. The molecule has 196 valence electrons. The zero-order valence-electron chi connectivity index (χ0n) is 21.2. The van der Waals surface area contributed by atoms with Crippen molar-refractivity contribution in [1.82, 2.24) is 30.1 Å². The molecule has 6 rings (SSSR count). The standard InChI is InChI=1S/C24H31N9O3S/c1-23(2)13-24(3,18(34)36-22-25-6-11-37-22)33(14-23)21-28-19(26-17-12-16(30-31-17)15-4-5-15)27-20(29-21)32-7-9-35-10-8-32/h6,11-12,15H,4-5,7-10,13-14H2,1-3H3,(H2,26,27,28,29,30,31)/t24-/m0/s1. The molecule has 3 fully saturated rings. The number of nitrogens with zero attached hydrogens (tertiary/aromatic N) is 7. The molecule has 1 aliphatic carbocycles. The highest BCUT2D eigenvalue weighted by Crippen LogP contribution is 2.44. The number of hydrogen-bond acceptors (Lipinski definition) is 12. The molecule has 1 atom stereocenters. The van der Waals surface area contributed by atoms with Gasteiger partial charge in [0.1, 0.15) is 5.54 Å². The normalized spacial score (nSPS) is 23.3. The Hall–Kier alpha value is -3.32. The van der Waals surface area contributed by atoms with Crippen molar-refractivity contribution in [3.8, 4) is 5.19 Å². The van der Waals surface area contributed by atoms with E-state index >= 15 is 0 Å². The third-order valence-corrected chi connectivity index (χ3v) is 7.68. The molecule has 0 aromatic carbocycles. The number of carbonyl (C=O) groups is 1. The van der Waals surface area contributed by atoms with Crippen LogP contribution in [0, 0.1) is 5.41 Å². The van der Waals surface area contributed by atoms with Gasteiger partial charge in [-0.25, -0.2) is 9.78 Å². The second-order valence-electron chi connectivity index (χ2n) is 10.9. The fraction of sp³-hybridized carbons (Fsp3) is 0.583. The van der Waals surface area contributed by atoms with Crippen molar-refractivity contribution in [1.29, 1.82) is 0 Å². The molecule has 2 N–H and O–H groups in total. The molecular formula is C24H31N9O3S. The van der Waals surface area contributed by atoms with Gasteiger partial charge in [0, 0.05) is 48.9 Å². The van der Waals surface area contributed by atoms with Crippen molar-refractivity contribution in [3.05, 3.63) is 23.3 Å². The molecule has 12 nitrogen and oxygen atoms in total. The minimum Gasteiger partial charge on any atom is -0.396 e. The van der Waals surface area contributed by atoms with E-state index in [0.29, 0.717) is 74.0 Å². The van der Waals surface area contributed by atoms with Crippen LogP contribution < -0.4 is 19.9 Å². The van der Waals surface area contributed by atoms with Gasteiger partial charge in [0.15, 0.2) is 5.82 Å². The van der Waals surface area contributed by atoms with Gasteiger partial charge in [-0.3, -0.25) is 5.10 Å². The van der Waals surface area contributed by atoms with Crippen molar-refractivity contribution in [2.45, 2.75) is 51.5 Å². The van der Waals surface area contributed by atoms with Crippen LogP contribution in [0.1, 0.15) is 51.6 Å². The van der Waals surface area contributed by atoms with E-state index in [1.54, 1.807) is 11.6 Å². The Morgan fingerprint density at radius 1 is 1.19 bits per heavy atom. The highest BCUT2D eigenvalue weighted by atomic mass is 32.1. The number of esters is 1. The number of aromatic amines is 1. The van der Waals surface area contributed by atoms with Gasteiger partial charge in [-0.2, -0.15) is 20.1 Å². The fourth-order valence-corrected chi connectivity index (χ4v) is 5.65. The zero-order chi connectivity index (χ0) is 25.6. The first kappa shape index (κ1) is 24.0. The van der Waals surface area contributed by atoms with Crippen LogP contribution in [0.25, 0.3) is 0 Å². The minimum absolute atomic E-state index is 0.169. The Bertz CT molecular complexity index is 1270. The summed E-state index contributed by atoms with van der Waals surface area (Å²) in [6.45, 7) is 9.28. The van der Waals surface area contributed by atoms with E-state index in [-0.39, 0.29) is 11.4 Å². The first-order valence-electron chi connectivity index (χ1n) is 12.6. The number of rotatable bonds is 7. The van der Waals surface area contributed by atoms with E-state index in [9.17, 15) is 4.79 Å². The van der Waals surface area contributed by atoms with Gasteiger partial charge in [-0.05, 0) is 31.6 Å². The number of nitrogens with one attached hydrogen (secondary N) is 2. The monoisotopic (exact) mass is 525 g/mol. The molecule has 13 heteroatoms. The number of morpholine rings is 1. The van der Waals surface area contributed by atoms with Crippen molar-refractivity contribution in [3.63, 3.8) is 0 Å². The van der Waals surface area contributed by atoms with Crippen LogP contribution in [-0.2, 0) is 9.53 Å². The number of carbonyl (C=O) groups excluding carboxylic acids is 1. The summed E-state index contributed by atoms with van der Waals surface area (Å²) in [4.78, 5) is 36.0.